The van der Waals surface area contributed by atoms with E-state index in [4.69, 9.17) is 5.73 Å². The highest BCUT2D eigenvalue weighted by Gasteiger charge is 2.17. The smallest absolute Gasteiger partial charge is 0.226 e. The molecule has 0 aromatic carbocycles. The molecule has 0 bridgehead atoms. The first kappa shape index (κ1) is 15.1. The molecule has 1 fully saturated rings. The number of imidazole rings is 1. The lowest BCUT2D eigenvalue weighted by Gasteiger charge is -2.21. The molecule has 22 heavy (non-hydrogen) atoms. The summed E-state index contributed by atoms with van der Waals surface area (Å²) >= 11 is 0. The molecule has 0 amide bonds. The predicted molar refractivity (Wildman–Crippen MR) is 89.7 cm³/mol. The van der Waals surface area contributed by atoms with Crippen LogP contribution in [0.2, 0.25) is 0 Å². The SMILES string of the molecule is CCCCNc1nc(N)c2ncn(CC3CCCCC3)c2n1. The third-order valence-electron chi connectivity index (χ3n) is 4.48. The fraction of sp³-hybridized carbons (Fsp3) is 0.688. The summed E-state index contributed by atoms with van der Waals surface area (Å²) in [7, 11) is 0. The molecule has 0 atom stereocenters. The molecular weight excluding hydrogens is 276 g/mol. The van der Waals surface area contributed by atoms with Crippen molar-refractivity contribution < 1.29 is 0 Å². The van der Waals surface area contributed by atoms with Gasteiger partial charge in [-0.25, -0.2) is 4.98 Å². The van der Waals surface area contributed by atoms with Gasteiger partial charge in [-0.15, -0.1) is 0 Å². The van der Waals surface area contributed by atoms with Crippen LogP contribution in [-0.2, 0) is 6.54 Å². The Labute approximate surface area is 131 Å². The van der Waals surface area contributed by atoms with Crippen LogP contribution < -0.4 is 11.1 Å². The van der Waals surface area contributed by atoms with Gasteiger partial charge in [0.25, 0.3) is 0 Å². The van der Waals surface area contributed by atoms with Crippen molar-refractivity contribution in [2.45, 2.75) is 58.4 Å². The molecule has 0 unspecified atom stereocenters. The average molecular weight is 302 g/mol. The van der Waals surface area contributed by atoms with Crippen LogP contribution in [0.1, 0.15) is 51.9 Å². The van der Waals surface area contributed by atoms with E-state index in [9.17, 15) is 0 Å². The number of fused-ring (bicyclic) bond motifs is 1. The Hall–Kier alpha value is -1.85. The summed E-state index contributed by atoms with van der Waals surface area (Å²) in [5.41, 5.74) is 7.62. The third kappa shape index (κ3) is 3.31. The highest BCUT2D eigenvalue weighted by molar-refractivity contribution is 5.82. The van der Waals surface area contributed by atoms with Crippen LogP contribution in [0.5, 0.6) is 0 Å². The molecule has 0 radical (unpaired) electrons. The Morgan fingerprint density at radius 3 is 2.86 bits per heavy atom. The van der Waals surface area contributed by atoms with E-state index in [1.807, 2.05) is 6.33 Å². The second kappa shape index (κ2) is 6.94. The number of rotatable bonds is 6. The van der Waals surface area contributed by atoms with Gasteiger partial charge in [0.2, 0.25) is 5.95 Å². The highest BCUT2D eigenvalue weighted by Crippen LogP contribution is 2.27. The largest absolute Gasteiger partial charge is 0.382 e. The topological polar surface area (TPSA) is 81.6 Å². The van der Waals surface area contributed by atoms with Crippen molar-refractivity contribution in [2.24, 2.45) is 5.92 Å². The maximum Gasteiger partial charge on any atom is 0.226 e. The monoisotopic (exact) mass is 302 g/mol. The number of nitrogens with two attached hydrogens (primary N) is 1. The number of nitrogen functional groups attached to an aromatic ring is 1. The van der Waals surface area contributed by atoms with Crippen molar-refractivity contribution in [3.8, 4) is 0 Å². The van der Waals surface area contributed by atoms with Crippen molar-refractivity contribution in [2.75, 3.05) is 17.6 Å². The molecule has 0 spiro atoms. The second-order valence-corrected chi connectivity index (χ2v) is 6.29. The van der Waals surface area contributed by atoms with Crippen molar-refractivity contribution in [3.05, 3.63) is 6.33 Å². The molecule has 2 heterocycles. The Kier molecular flexibility index (Phi) is 4.75. The lowest BCUT2D eigenvalue weighted by Crippen LogP contribution is -2.14. The maximum absolute atomic E-state index is 6.04. The predicted octanol–water partition coefficient (Wildman–Crippen LogP) is 3.20. The Bertz CT molecular complexity index is 614. The maximum atomic E-state index is 6.04. The van der Waals surface area contributed by atoms with Crippen molar-refractivity contribution in [3.63, 3.8) is 0 Å². The summed E-state index contributed by atoms with van der Waals surface area (Å²) < 4.78 is 2.15. The van der Waals surface area contributed by atoms with E-state index in [0.29, 0.717) is 11.8 Å². The number of hydrogen-bond donors (Lipinski definition) is 2. The van der Waals surface area contributed by atoms with Gasteiger partial charge in [0.15, 0.2) is 11.5 Å². The van der Waals surface area contributed by atoms with Crippen LogP contribution in [0.25, 0.3) is 11.2 Å². The minimum absolute atomic E-state index is 0.464. The van der Waals surface area contributed by atoms with Crippen LogP contribution in [0, 0.1) is 5.92 Å². The van der Waals surface area contributed by atoms with Crippen molar-refractivity contribution in [1.29, 1.82) is 0 Å². The molecule has 1 aliphatic carbocycles. The molecule has 0 aliphatic heterocycles. The number of aromatic nitrogens is 4. The van der Waals surface area contributed by atoms with Crippen LogP contribution in [0.15, 0.2) is 6.33 Å². The number of hydrogen-bond acceptors (Lipinski definition) is 5. The van der Waals surface area contributed by atoms with Gasteiger partial charge in [0.05, 0.1) is 6.33 Å². The van der Waals surface area contributed by atoms with Crippen molar-refractivity contribution >= 4 is 22.9 Å². The molecule has 0 saturated heterocycles. The van der Waals surface area contributed by atoms with Gasteiger partial charge >= 0.3 is 0 Å². The Morgan fingerprint density at radius 2 is 2.09 bits per heavy atom. The van der Waals surface area contributed by atoms with Crippen LogP contribution in [-0.4, -0.2) is 26.1 Å². The summed E-state index contributed by atoms with van der Waals surface area (Å²) in [6.45, 7) is 4.03. The Balaban J connectivity index is 1.80. The van der Waals surface area contributed by atoms with E-state index >= 15 is 0 Å². The highest BCUT2D eigenvalue weighted by atomic mass is 15.2. The molecule has 2 aromatic rings. The standard InChI is InChI=1S/C16H26N6/c1-2-3-9-18-16-20-14(17)13-15(21-16)22(11-19-13)10-12-7-5-4-6-8-12/h11-12H,2-10H2,1H3,(H3,17,18,20,21). The molecule has 1 saturated carbocycles. The molecular formula is C16H26N6. The van der Waals surface area contributed by atoms with Gasteiger partial charge in [0.1, 0.15) is 5.52 Å². The van der Waals surface area contributed by atoms with Gasteiger partial charge in [-0.1, -0.05) is 32.6 Å². The lowest BCUT2D eigenvalue weighted by molar-refractivity contribution is 0.321. The first-order valence-electron chi connectivity index (χ1n) is 8.50. The summed E-state index contributed by atoms with van der Waals surface area (Å²) in [5.74, 6) is 1.81. The average Bonchev–Trinajstić information content (AvgIpc) is 2.92. The lowest BCUT2D eigenvalue weighted by atomic mass is 9.89. The third-order valence-corrected chi connectivity index (χ3v) is 4.48. The molecule has 120 valence electrons. The van der Waals surface area contributed by atoms with E-state index in [2.05, 4.69) is 31.8 Å². The first-order valence-corrected chi connectivity index (χ1v) is 8.50. The molecule has 1 aliphatic rings. The fourth-order valence-corrected chi connectivity index (χ4v) is 3.20. The summed E-state index contributed by atoms with van der Waals surface area (Å²) in [4.78, 5) is 13.4. The quantitative estimate of drug-likeness (QED) is 0.801. The Morgan fingerprint density at radius 1 is 1.27 bits per heavy atom. The fourth-order valence-electron chi connectivity index (χ4n) is 3.20. The molecule has 2 aromatic heterocycles. The van der Waals surface area contributed by atoms with Gasteiger partial charge in [-0.05, 0) is 25.2 Å². The normalized spacial score (nSPS) is 16.2. The van der Waals surface area contributed by atoms with Gasteiger partial charge < -0.3 is 15.6 Å². The first-order chi connectivity index (χ1) is 10.8. The van der Waals surface area contributed by atoms with Gasteiger partial charge in [-0.2, -0.15) is 9.97 Å². The van der Waals surface area contributed by atoms with E-state index in [1.165, 1.54) is 32.1 Å². The summed E-state index contributed by atoms with van der Waals surface area (Å²) in [5, 5.41) is 3.26. The molecule has 6 nitrogen and oxygen atoms in total. The zero-order valence-electron chi connectivity index (χ0n) is 13.4. The van der Waals surface area contributed by atoms with Gasteiger partial charge in [0, 0.05) is 13.1 Å². The molecule has 3 rings (SSSR count). The molecule has 6 heteroatoms. The van der Waals surface area contributed by atoms with E-state index in [0.717, 1.165) is 43.0 Å². The summed E-state index contributed by atoms with van der Waals surface area (Å²) in [6, 6.07) is 0. The van der Waals surface area contributed by atoms with Crippen molar-refractivity contribution in [1.82, 2.24) is 19.5 Å². The van der Waals surface area contributed by atoms with E-state index in [1.54, 1.807) is 0 Å². The number of unbranched alkanes of at least 4 members (excludes halogenated alkanes) is 1. The molecule has 3 N–H and O–H groups in total. The minimum Gasteiger partial charge on any atom is -0.382 e. The van der Waals surface area contributed by atoms with E-state index < -0.39 is 0 Å². The number of anilines is 2. The van der Waals surface area contributed by atoms with Crippen LogP contribution >= 0.6 is 0 Å². The van der Waals surface area contributed by atoms with E-state index in [-0.39, 0.29) is 0 Å². The van der Waals surface area contributed by atoms with Crippen LogP contribution in [0.4, 0.5) is 11.8 Å². The number of nitrogens with zero attached hydrogens (tertiary/aromatic N) is 4. The minimum atomic E-state index is 0.464. The second-order valence-electron chi connectivity index (χ2n) is 6.29. The zero-order valence-corrected chi connectivity index (χ0v) is 13.4. The van der Waals surface area contributed by atoms with Crippen LogP contribution in [0.3, 0.4) is 0 Å². The zero-order chi connectivity index (χ0) is 15.4. The number of nitrogens with one attached hydrogen (secondary N) is 1. The van der Waals surface area contributed by atoms with Gasteiger partial charge in [-0.3, -0.25) is 0 Å². The summed E-state index contributed by atoms with van der Waals surface area (Å²) in [6.07, 6.45) is 10.8.